The number of nitrogens with zero attached hydrogens (tertiary/aromatic N) is 1. The summed E-state index contributed by atoms with van der Waals surface area (Å²) in [4.78, 5) is 13.5. The van der Waals surface area contributed by atoms with Gasteiger partial charge in [0.15, 0.2) is 0 Å². The molecular formula is C11H23NO2. The zero-order valence-corrected chi connectivity index (χ0v) is 9.62. The minimum atomic E-state index is -0.253. The molecule has 0 radical (unpaired) electrons. The third-order valence-corrected chi connectivity index (χ3v) is 2.42. The first-order chi connectivity index (χ1) is 6.67. The largest absolute Gasteiger partial charge is 0.396 e. The predicted molar refractivity (Wildman–Crippen MR) is 58.0 cm³/mol. The Morgan fingerprint density at radius 2 is 2.00 bits per heavy atom. The van der Waals surface area contributed by atoms with Crippen LogP contribution in [0.3, 0.4) is 0 Å². The van der Waals surface area contributed by atoms with Gasteiger partial charge in [0, 0.05) is 13.1 Å². The molecule has 0 aliphatic carbocycles. The fourth-order valence-corrected chi connectivity index (χ4v) is 1.37. The van der Waals surface area contributed by atoms with E-state index in [4.69, 9.17) is 5.11 Å². The standard InChI is InChI=1S/C11H23NO2/c1-4-6-7-8-12(5-2)11(14)10(3)9-13/h10,13H,4-9H2,1-3H3. The molecule has 0 saturated carbocycles. The van der Waals surface area contributed by atoms with Gasteiger partial charge in [0.1, 0.15) is 0 Å². The van der Waals surface area contributed by atoms with Gasteiger partial charge in [-0.1, -0.05) is 26.7 Å². The fraction of sp³-hybridized carbons (Fsp3) is 0.909. The van der Waals surface area contributed by atoms with Crippen LogP contribution >= 0.6 is 0 Å². The van der Waals surface area contributed by atoms with Gasteiger partial charge in [-0.25, -0.2) is 0 Å². The van der Waals surface area contributed by atoms with E-state index in [1.165, 1.54) is 6.42 Å². The maximum atomic E-state index is 11.7. The molecule has 0 fully saturated rings. The molecule has 0 bridgehead atoms. The Labute approximate surface area is 87.1 Å². The van der Waals surface area contributed by atoms with E-state index in [0.717, 1.165) is 25.9 Å². The van der Waals surface area contributed by atoms with Crippen LogP contribution in [0.2, 0.25) is 0 Å². The topological polar surface area (TPSA) is 40.5 Å². The van der Waals surface area contributed by atoms with Crippen LogP contribution < -0.4 is 0 Å². The molecule has 0 aliphatic rings. The lowest BCUT2D eigenvalue weighted by Crippen LogP contribution is -2.37. The molecule has 14 heavy (non-hydrogen) atoms. The van der Waals surface area contributed by atoms with E-state index in [1.54, 1.807) is 6.92 Å². The normalized spacial score (nSPS) is 12.6. The summed E-state index contributed by atoms with van der Waals surface area (Å²) in [7, 11) is 0. The quantitative estimate of drug-likeness (QED) is 0.636. The van der Waals surface area contributed by atoms with Crippen molar-refractivity contribution in [2.24, 2.45) is 5.92 Å². The van der Waals surface area contributed by atoms with Crippen molar-refractivity contribution in [2.75, 3.05) is 19.7 Å². The maximum absolute atomic E-state index is 11.7. The van der Waals surface area contributed by atoms with Crippen LogP contribution in [-0.2, 0) is 4.79 Å². The number of amides is 1. The van der Waals surface area contributed by atoms with Gasteiger partial charge in [0.2, 0.25) is 5.91 Å². The average Bonchev–Trinajstić information content (AvgIpc) is 2.22. The van der Waals surface area contributed by atoms with Crippen molar-refractivity contribution in [1.29, 1.82) is 0 Å². The molecule has 3 nitrogen and oxygen atoms in total. The van der Waals surface area contributed by atoms with Crippen LogP contribution in [0.25, 0.3) is 0 Å². The highest BCUT2D eigenvalue weighted by Gasteiger charge is 2.17. The van der Waals surface area contributed by atoms with E-state index in [2.05, 4.69) is 6.92 Å². The molecule has 1 unspecified atom stereocenters. The first-order valence-corrected chi connectivity index (χ1v) is 5.56. The van der Waals surface area contributed by atoms with E-state index < -0.39 is 0 Å². The van der Waals surface area contributed by atoms with Gasteiger partial charge in [0.25, 0.3) is 0 Å². The highest BCUT2D eigenvalue weighted by Crippen LogP contribution is 2.04. The van der Waals surface area contributed by atoms with Gasteiger partial charge < -0.3 is 10.0 Å². The molecule has 1 atom stereocenters. The second-order valence-electron chi connectivity index (χ2n) is 3.71. The summed E-state index contributed by atoms with van der Waals surface area (Å²) < 4.78 is 0. The molecule has 0 aliphatic heterocycles. The van der Waals surface area contributed by atoms with E-state index >= 15 is 0 Å². The number of rotatable bonds is 7. The number of hydrogen-bond donors (Lipinski definition) is 1. The summed E-state index contributed by atoms with van der Waals surface area (Å²) in [5.41, 5.74) is 0. The summed E-state index contributed by atoms with van der Waals surface area (Å²) in [5, 5.41) is 8.87. The molecule has 0 heterocycles. The summed E-state index contributed by atoms with van der Waals surface area (Å²) in [5.74, 6) is -0.178. The molecule has 0 aromatic heterocycles. The number of hydrogen-bond acceptors (Lipinski definition) is 2. The molecule has 0 spiro atoms. The van der Waals surface area contributed by atoms with Gasteiger partial charge in [-0.05, 0) is 13.3 Å². The lowest BCUT2D eigenvalue weighted by Gasteiger charge is -2.23. The lowest BCUT2D eigenvalue weighted by atomic mass is 10.1. The molecule has 0 saturated heterocycles. The molecule has 0 rings (SSSR count). The Morgan fingerprint density at radius 3 is 2.43 bits per heavy atom. The summed E-state index contributed by atoms with van der Waals surface area (Å²) in [6, 6.07) is 0. The van der Waals surface area contributed by atoms with Gasteiger partial charge in [0.05, 0.1) is 12.5 Å². The van der Waals surface area contributed by atoms with Crippen LogP contribution in [0.1, 0.15) is 40.0 Å². The first kappa shape index (κ1) is 13.4. The van der Waals surface area contributed by atoms with Crippen molar-refractivity contribution in [3.05, 3.63) is 0 Å². The van der Waals surface area contributed by atoms with Crippen LogP contribution in [0.4, 0.5) is 0 Å². The van der Waals surface area contributed by atoms with E-state index in [-0.39, 0.29) is 18.4 Å². The smallest absolute Gasteiger partial charge is 0.227 e. The van der Waals surface area contributed by atoms with Gasteiger partial charge in [-0.3, -0.25) is 4.79 Å². The highest BCUT2D eigenvalue weighted by atomic mass is 16.3. The summed E-state index contributed by atoms with van der Waals surface area (Å²) in [6.07, 6.45) is 3.40. The van der Waals surface area contributed by atoms with Crippen LogP contribution in [0, 0.1) is 5.92 Å². The Hall–Kier alpha value is -0.570. The molecule has 0 aromatic carbocycles. The Kier molecular flexibility index (Phi) is 7.48. The van der Waals surface area contributed by atoms with Crippen LogP contribution in [0.15, 0.2) is 0 Å². The van der Waals surface area contributed by atoms with Crippen molar-refractivity contribution < 1.29 is 9.90 Å². The number of aliphatic hydroxyl groups is 1. The number of unbranched alkanes of at least 4 members (excludes halogenated alkanes) is 2. The SMILES string of the molecule is CCCCCN(CC)C(=O)C(C)CO. The maximum Gasteiger partial charge on any atom is 0.227 e. The van der Waals surface area contributed by atoms with Crippen molar-refractivity contribution in [3.63, 3.8) is 0 Å². The number of aliphatic hydroxyl groups excluding tert-OH is 1. The number of carbonyl (C=O) groups is 1. The second-order valence-corrected chi connectivity index (χ2v) is 3.71. The molecule has 1 amide bonds. The molecular weight excluding hydrogens is 178 g/mol. The molecule has 0 aromatic rings. The van der Waals surface area contributed by atoms with E-state index in [9.17, 15) is 4.79 Å². The van der Waals surface area contributed by atoms with Crippen LogP contribution in [0.5, 0.6) is 0 Å². The molecule has 3 heteroatoms. The Bertz CT molecular complexity index is 159. The van der Waals surface area contributed by atoms with Crippen molar-refractivity contribution in [1.82, 2.24) is 4.90 Å². The van der Waals surface area contributed by atoms with Crippen molar-refractivity contribution >= 4 is 5.91 Å². The Balaban J connectivity index is 3.92. The van der Waals surface area contributed by atoms with Crippen LogP contribution in [-0.4, -0.2) is 35.6 Å². The van der Waals surface area contributed by atoms with Gasteiger partial charge >= 0.3 is 0 Å². The van der Waals surface area contributed by atoms with E-state index in [1.807, 2.05) is 11.8 Å². The lowest BCUT2D eigenvalue weighted by molar-refractivity contribution is -0.136. The molecule has 84 valence electrons. The Morgan fingerprint density at radius 1 is 1.36 bits per heavy atom. The third kappa shape index (κ3) is 4.61. The number of carbonyl (C=O) groups excluding carboxylic acids is 1. The summed E-state index contributed by atoms with van der Waals surface area (Å²) in [6.45, 7) is 7.41. The van der Waals surface area contributed by atoms with Crippen molar-refractivity contribution in [2.45, 2.75) is 40.0 Å². The monoisotopic (exact) mass is 201 g/mol. The molecule has 1 N–H and O–H groups in total. The van der Waals surface area contributed by atoms with E-state index in [0.29, 0.717) is 0 Å². The third-order valence-electron chi connectivity index (χ3n) is 2.42. The van der Waals surface area contributed by atoms with Gasteiger partial charge in [-0.15, -0.1) is 0 Å². The highest BCUT2D eigenvalue weighted by molar-refractivity contribution is 5.78. The average molecular weight is 201 g/mol. The minimum Gasteiger partial charge on any atom is -0.396 e. The predicted octanol–water partition coefficient (Wildman–Crippen LogP) is 1.65. The van der Waals surface area contributed by atoms with Crippen molar-refractivity contribution in [3.8, 4) is 0 Å². The zero-order chi connectivity index (χ0) is 11.0. The minimum absolute atomic E-state index is 0.0525. The fourth-order valence-electron chi connectivity index (χ4n) is 1.37. The first-order valence-electron chi connectivity index (χ1n) is 5.56. The summed E-state index contributed by atoms with van der Waals surface area (Å²) >= 11 is 0. The zero-order valence-electron chi connectivity index (χ0n) is 9.62. The van der Waals surface area contributed by atoms with Gasteiger partial charge in [-0.2, -0.15) is 0 Å². The second kappa shape index (κ2) is 7.80.